The molecule has 5 nitrogen and oxygen atoms in total. The minimum atomic E-state index is -4.08. The third-order valence-electron chi connectivity index (χ3n) is 2.78. The number of halogens is 2. The SMILES string of the molecule is O=S(=O)(N[C@@H]1CCOC[C@H]1O)c1cc(F)cc(F)c1. The van der Waals surface area contributed by atoms with Gasteiger partial charge in [0.15, 0.2) is 0 Å². The second kappa shape index (κ2) is 5.49. The Hall–Kier alpha value is -1.09. The van der Waals surface area contributed by atoms with E-state index in [9.17, 15) is 22.3 Å². The first-order valence-electron chi connectivity index (χ1n) is 5.63. The first-order valence-corrected chi connectivity index (χ1v) is 7.11. The van der Waals surface area contributed by atoms with E-state index in [0.29, 0.717) is 12.7 Å². The number of benzene rings is 1. The summed E-state index contributed by atoms with van der Waals surface area (Å²) in [5.41, 5.74) is 0. The average molecular weight is 293 g/mol. The van der Waals surface area contributed by atoms with Crippen LogP contribution in [-0.2, 0) is 14.8 Å². The van der Waals surface area contributed by atoms with Crippen LogP contribution >= 0.6 is 0 Å². The molecular formula is C11H13F2NO4S. The van der Waals surface area contributed by atoms with Gasteiger partial charge in [0.05, 0.1) is 23.6 Å². The molecule has 1 fully saturated rings. The zero-order valence-corrected chi connectivity index (χ0v) is 10.7. The molecule has 0 radical (unpaired) electrons. The van der Waals surface area contributed by atoms with E-state index in [-0.39, 0.29) is 13.0 Å². The van der Waals surface area contributed by atoms with Crippen LogP contribution in [0.2, 0.25) is 0 Å². The Morgan fingerprint density at radius 3 is 2.47 bits per heavy atom. The highest BCUT2D eigenvalue weighted by Gasteiger charge is 2.29. The topological polar surface area (TPSA) is 75.6 Å². The standard InChI is InChI=1S/C11H13F2NO4S/c12-7-3-8(13)5-9(4-7)19(16,17)14-10-1-2-18-6-11(10)15/h3-5,10-11,14-15H,1-2,6H2/t10-,11-/m1/s1. The Morgan fingerprint density at radius 2 is 1.89 bits per heavy atom. The lowest BCUT2D eigenvalue weighted by molar-refractivity contribution is -0.0222. The van der Waals surface area contributed by atoms with Crippen molar-refractivity contribution in [3.63, 3.8) is 0 Å². The Bertz CT molecular complexity index is 544. The lowest BCUT2D eigenvalue weighted by Crippen LogP contribution is -2.48. The number of hydrogen-bond acceptors (Lipinski definition) is 4. The molecule has 0 saturated carbocycles. The third-order valence-corrected chi connectivity index (χ3v) is 4.25. The lowest BCUT2D eigenvalue weighted by atomic mass is 10.1. The van der Waals surface area contributed by atoms with Crippen LogP contribution in [0.25, 0.3) is 0 Å². The van der Waals surface area contributed by atoms with Crippen molar-refractivity contribution in [1.29, 1.82) is 0 Å². The molecule has 0 spiro atoms. The second-order valence-corrected chi connectivity index (χ2v) is 5.98. The van der Waals surface area contributed by atoms with Gasteiger partial charge in [-0.25, -0.2) is 21.9 Å². The van der Waals surface area contributed by atoms with Crippen molar-refractivity contribution < 1.29 is 27.0 Å². The predicted octanol–water partition coefficient (Wildman–Crippen LogP) is 0.393. The summed E-state index contributed by atoms with van der Waals surface area (Å²) in [4.78, 5) is -0.510. The fourth-order valence-electron chi connectivity index (χ4n) is 1.81. The number of ether oxygens (including phenoxy) is 1. The minimum absolute atomic E-state index is 0.0186. The van der Waals surface area contributed by atoms with Gasteiger partial charge in [-0.15, -0.1) is 0 Å². The normalized spacial score (nSPS) is 24.4. The summed E-state index contributed by atoms with van der Waals surface area (Å²) in [6.45, 7) is 0.326. The molecule has 1 saturated heterocycles. The Kier molecular flexibility index (Phi) is 4.14. The van der Waals surface area contributed by atoms with E-state index in [2.05, 4.69) is 4.72 Å². The number of nitrogens with one attached hydrogen (secondary N) is 1. The molecule has 2 N–H and O–H groups in total. The number of sulfonamides is 1. The van der Waals surface area contributed by atoms with Gasteiger partial charge in [-0.2, -0.15) is 0 Å². The van der Waals surface area contributed by atoms with E-state index in [4.69, 9.17) is 4.74 Å². The third kappa shape index (κ3) is 3.47. The van der Waals surface area contributed by atoms with Crippen LogP contribution in [0.4, 0.5) is 8.78 Å². The maximum Gasteiger partial charge on any atom is 0.241 e. The van der Waals surface area contributed by atoms with Gasteiger partial charge in [-0.3, -0.25) is 0 Å². The van der Waals surface area contributed by atoms with Crippen LogP contribution in [0.15, 0.2) is 23.1 Å². The van der Waals surface area contributed by atoms with E-state index in [1.807, 2.05) is 0 Å². The van der Waals surface area contributed by atoms with Crippen LogP contribution in [0.3, 0.4) is 0 Å². The summed E-state index contributed by atoms with van der Waals surface area (Å²) in [6, 6.07) is 1.29. The zero-order chi connectivity index (χ0) is 14.0. The Balaban J connectivity index is 2.22. The van der Waals surface area contributed by atoms with Crippen molar-refractivity contribution in [3.8, 4) is 0 Å². The van der Waals surface area contributed by atoms with Gasteiger partial charge in [0.25, 0.3) is 0 Å². The van der Waals surface area contributed by atoms with Crippen LogP contribution in [0, 0.1) is 11.6 Å². The quantitative estimate of drug-likeness (QED) is 0.845. The molecule has 2 rings (SSSR count). The van der Waals surface area contributed by atoms with E-state index in [1.165, 1.54) is 0 Å². The summed E-state index contributed by atoms with van der Waals surface area (Å²) in [7, 11) is -4.08. The molecule has 1 heterocycles. The van der Waals surface area contributed by atoms with Crippen molar-refractivity contribution in [2.45, 2.75) is 23.5 Å². The molecule has 106 valence electrons. The largest absolute Gasteiger partial charge is 0.389 e. The van der Waals surface area contributed by atoms with Gasteiger partial charge in [-0.05, 0) is 18.6 Å². The van der Waals surface area contributed by atoms with Crippen LogP contribution in [0.1, 0.15) is 6.42 Å². The summed E-state index contributed by atoms with van der Waals surface area (Å²) in [6.07, 6.45) is -0.694. The van der Waals surface area contributed by atoms with Gasteiger partial charge in [0, 0.05) is 12.7 Å². The van der Waals surface area contributed by atoms with Crippen molar-refractivity contribution in [2.24, 2.45) is 0 Å². The van der Waals surface area contributed by atoms with E-state index in [1.54, 1.807) is 0 Å². The van der Waals surface area contributed by atoms with Gasteiger partial charge in [0.1, 0.15) is 11.6 Å². The predicted molar refractivity (Wildman–Crippen MR) is 61.9 cm³/mol. The monoisotopic (exact) mass is 293 g/mol. The zero-order valence-electron chi connectivity index (χ0n) is 9.84. The van der Waals surface area contributed by atoms with E-state index >= 15 is 0 Å². The molecule has 0 bridgehead atoms. The molecular weight excluding hydrogens is 280 g/mol. The van der Waals surface area contributed by atoms with Crippen LogP contribution < -0.4 is 4.72 Å². The highest BCUT2D eigenvalue weighted by molar-refractivity contribution is 7.89. The average Bonchev–Trinajstić information content (AvgIpc) is 2.31. The van der Waals surface area contributed by atoms with Crippen molar-refractivity contribution in [1.82, 2.24) is 4.72 Å². The van der Waals surface area contributed by atoms with Gasteiger partial charge >= 0.3 is 0 Å². The fraction of sp³-hybridized carbons (Fsp3) is 0.455. The highest BCUT2D eigenvalue weighted by Crippen LogP contribution is 2.16. The molecule has 1 aromatic carbocycles. The first-order chi connectivity index (χ1) is 8.88. The fourth-order valence-corrected chi connectivity index (χ4v) is 3.16. The smallest absolute Gasteiger partial charge is 0.241 e. The maximum atomic E-state index is 13.0. The van der Waals surface area contributed by atoms with Gasteiger partial charge < -0.3 is 9.84 Å². The van der Waals surface area contributed by atoms with Crippen molar-refractivity contribution in [2.75, 3.05) is 13.2 Å². The molecule has 8 heteroatoms. The first kappa shape index (κ1) is 14.3. The molecule has 0 amide bonds. The van der Waals surface area contributed by atoms with Crippen LogP contribution in [-0.4, -0.2) is 38.9 Å². The van der Waals surface area contributed by atoms with Crippen molar-refractivity contribution >= 4 is 10.0 Å². The lowest BCUT2D eigenvalue weighted by Gasteiger charge is -2.28. The van der Waals surface area contributed by atoms with Gasteiger partial charge in [0.2, 0.25) is 10.0 Å². The molecule has 2 atom stereocenters. The van der Waals surface area contributed by atoms with Crippen molar-refractivity contribution in [3.05, 3.63) is 29.8 Å². The second-order valence-electron chi connectivity index (χ2n) is 4.26. The minimum Gasteiger partial charge on any atom is -0.389 e. The number of aliphatic hydroxyl groups is 1. The molecule has 1 aliphatic heterocycles. The molecule has 1 aromatic rings. The molecule has 0 aliphatic carbocycles. The van der Waals surface area contributed by atoms with E-state index in [0.717, 1.165) is 12.1 Å². The number of hydrogen-bond donors (Lipinski definition) is 2. The molecule has 0 unspecified atom stereocenters. The molecule has 0 aromatic heterocycles. The number of aliphatic hydroxyl groups excluding tert-OH is 1. The maximum absolute atomic E-state index is 13.0. The Labute approximate surface area is 109 Å². The summed E-state index contributed by atoms with van der Waals surface area (Å²) in [5.74, 6) is -1.96. The number of rotatable bonds is 3. The van der Waals surface area contributed by atoms with Gasteiger partial charge in [-0.1, -0.05) is 0 Å². The van der Waals surface area contributed by atoms with E-state index < -0.39 is 38.7 Å². The Morgan fingerprint density at radius 1 is 1.26 bits per heavy atom. The summed E-state index contributed by atoms with van der Waals surface area (Å²) < 4.78 is 57.1. The summed E-state index contributed by atoms with van der Waals surface area (Å²) in [5, 5.41) is 9.59. The summed E-state index contributed by atoms with van der Waals surface area (Å²) >= 11 is 0. The van der Waals surface area contributed by atoms with Crippen LogP contribution in [0.5, 0.6) is 0 Å². The molecule has 1 aliphatic rings. The highest BCUT2D eigenvalue weighted by atomic mass is 32.2. The molecule has 19 heavy (non-hydrogen) atoms.